The van der Waals surface area contributed by atoms with E-state index in [1.807, 2.05) is 85.0 Å². The van der Waals surface area contributed by atoms with Gasteiger partial charge in [0.1, 0.15) is 0 Å². The Labute approximate surface area is 178 Å². The number of allylic oxidation sites excluding steroid dienone is 8. The topological polar surface area (TPSA) is 0 Å². The molecule has 0 saturated heterocycles. The predicted molar refractivity (Wildman–Crippen MR) is 112 cm³/mol. The summed E-state index contributed by atoms with van der Waals surface area (Å²) in [6, 6.07) is 25.0. The molecule has 0 saturated carbocycles. The fourth-order valence-corrected chi connectivity index (χ4v) is 1.36. The van der Waals surface area contributed by atoms with Crippen molar-refractivity contribution in [3.63, 3.8) is 0 Å². The van der Waals surface area contributed by atoms with Gasteiger partial charge in [0, 0.05) is 0 Å². The number of hydrogen-bond donors (Lipinski definition) is 0. The van der Waals surface area contributed by atoms with Crippen LogP contribution in [0.3, 0.4) is 0 Å². The minimum Gasteiger partial charge on any atom is -0.184 e. The van der Waals surface area contributed by atoms with Crippen LogP contribution in [0.4, 0.5) is 0 Å². The molecular formula is C24H26SiZr-6. The van der Waals surface area contributed by atoms with E-state index in [0.29, 0.717) is 0 Å². The van der Waals surface area contributed by atoms with Crippen molar-refractivity contribution in [1.29, 1.82) is 0 Å². The molecule has 136 valence electrons. The van der Waals surface area contributed by atoms with Gasteiger partial charge >= 0.3 is 30.2 Å². The van der Waals surface area contributed by atoms with Gasteiger partial charge in [-0.1, -0.05) is 0 Å². The summed E-state index contributed by atoms with van der Waals surface area (Å²) in [5.74, 6) is 0. The molecule has 2 aromatic carbocycles. The van der Waals surface area contributed by atoms with E-state index < -0.39 is 0 Å². The molecule has 4 rings (SSSR count). The van der Waals surface area contributed by atoms with Gasteiger partial charge in [-0.15, -0.1) is 12.8 Å². The van der Waals surface area contributed by atoms with Crippen LogP contribution in [0.25, 0.3) is 0 Å². The summed E-state index contributed by atoms with van der Waals surface area (Å²) < 4.78 is 0. The average molecular weight is 434 g/mol. The van der Waals surface area contributed by atoms with Crippen molar-refractivity contribution in [3.05, 3.63) is 136 Å². The molecule has 2 aliphatic rings. The molecule has 0 atom stereocenters. The Bertz CT molecular complexity index is 445. The maximum absolute atomic E-state index is 3.06. The van der Waals surface area contributed by atoms with Gasteiger partial charge in [-0.05, 0) is 0 Å². The molecule has 0 heterocycles. The Kier molecular flexibility index (Phi) is 31.9. The second-order valence-corrected chi connectivity index (χ2v) is 4.16. The van der Waals surface area contributed by atoms with Gasteiger partial charge in [-0.2, -0.15) is 84.9 Å². The fraction of sp³-hybridized carbons (Fsp3) is 0.0833. The molecule has 0 amide bonds. The summed E-state index contributed by atoms with van der Waals surface area (Å²) in [5.41, 5.74) is 0. The van der Waals surface area contributed by atoms with Gasteiger partial charge in [0.05, 0.1) is 0 Å². The third-order valence-electron chi connectivity index (χ3n) is 2.39. The van der Waals surface area contributed by atoms with Crippen molar-refractivity contribution in [3.8, 4) is 0 Å². The molecule has 2 radical (unpaired) electrons. The molecule has 26 heavy (non-hydrogen) atoms. The molecular weight excluding hydrogens is 408 g/mol. The summed E-state index contributed by atoms with van der Waals surface area (Å²) in [7, 11) is 0. The summed E-state index contributed by atoms with van der Waals surface area (Å²) in [5, 5.41) is 0. The van der Waals surface area contributed by atoms with E-state index in [-0.39, 0.29) is 14.9 Å². The van der Waals surface area contributed by atoms with Crippen molar-refractivity contribution in [2.24, 2.45) is 0 Å². The van der Waals surface area contributed by atoms with Gasteiger partial charge in [-0.3, -0.25) is 12.2 Å². The van der Waals surface area contributed by atoms with Crippen LogP contribution in [0, 0.1) is 39.1 Å². The van der Waals surface area contributed by atoms with Crippen molar-refractivity contribution >= 4 is 6.88 Å². The van der Waals surface area contributed by atoms with Gasteiger partial charge in [0.2, 0.25) is 0 Å². The zero-order chi connectivity index (χ0) is 17.6. The quantitative estimate of drug-likeness (QED) is 0.348. The maximum Gasteiger partial charge on any atom is -0.171 e. The van der Waals surface area contributed by atoms with Crippen LogP contribution in [0.15, 0.2) is 97.1 Å². The van der Waals surface area contributed by atoms with E-state index >= 15 is 0 Å². The van der Waals surface area contributed by atoms with E-state index in [1.165, 1.54) is 23.3 Å². The molecule has 2 aromatic rings. The first-order valence-electron chi connectivity index (χ1n) is 7.51. The predicted octanol–water partition coefficient (Wildman–Crippen LogP) is 6.10. The van der Waals surface area contributed by atoms with Crippen LogP contribution in [-0.2, 0) is 23.3 Å². The van der Waals surface area contributed by atoms with Crippen molar-refractivity contribution in [2.45, 2.75) is 12.8 Å². The SMILES string of the molecule is [C-]1=CC=CC1.[C-]1=CC=CC1.[CH3-].[CH3-].[Si]=[Zr].[c-]1ccccc1.[c-]1ccccc1. The van der Waals surface area contributed by atoms with Gasteiger partial charge in [0.15, 0.2) is 0 Å². The molecule has 0 fully saturated rings. The van der Waals surface area contributed by atoms with Crippen LogP contribution in [0.1, 0.15) is 12.8 Å². The third kappa shape index (κ3) is 24.7. The van der Waals surface area contributed by atoms with E-state index in [9.17, 15) is 0 Å². The van der Waals surface area contributed by atoms with Gasteiger partial charge in [-0.25, -0.2) is 24.3 Å². The normalized spacial score (nSPS) is 10.6. The minimum absolute atomic E-state index is 0. The monoisotopic (exact) mass is 432 g/mol. The smallest absolute Gasteiger partial charge is 0.171 e. The number of rotatable bonds is 0. The Morgan fingerprint density at radius 2 is 0.923 bits per heavy atom. The molecule has 0 N–H and O–H groups in total. The zero-order valence-electron chi connectivity index (χ0n) is 15.7. The maximum atomic E-state index is 3.06. The molecule has 0 aliphatic heterocycles. The van der Waals surface area contributed by atoms with Crippen LogP contribution < -0.4 is 0 Å². The van der Waals surface area contributed by atoms with Crippen molar-refractivity contribution in [2.75, 3.05) is 0 Å². The molecule has 2 aliphatic carbocycles. The average Bonchev–Trinajstić information content (AvgIpc) is 3.45. The number of benzene rings is 2. The van der Waals surface area contributed by atoms with E-state index in [1.54, 1.807) is 0 Å². The summed E-state index contributed by atoms with van der Waals surface area (Å²) >= 11 is 1.36. The first kappa shape index (κ1) is 29.3. The van der Waals surface area contributed by atoms with Crippen molar-refractivity contribution in [1.82, 2.24) is 0 Å². The molecule has 0 nitrogen and oxygen atoms in total. The third-order valence-corrected chi connectivity index (χ3v) is 2.39. The van der Waals surface area contributed by atoms with Gasteiger partial charge < -0.3 is 14.9 Å². The van der Waals surface area contributed by atoms with Gasteiger partial charge in [0.25, 0.3) is 0 Å². The first-order chi connectivity index (χ1) is 12.0. The Balaban J connectivity index is -0.000000257. The molecule has 0 unspecified atom stereocenters. The standard InChI is InChI=1S/2C6H5.2C5H5.2CH3.Si.Zr/c2*1-2-4-6-5-3-1;2*1-2-4-5-3-1;;;;/h2*1-5H;2*1-3H,4H2;2*1H3;;/q6*-1;;. The Hall–Kier alpha value is -1.50. The Morgan fingerprint density at radius 1 is 0.577 bits per heavy atom. The molecule has 2 heteroatoms. The van der Waals surface area contributed by atoms with Crippen LogP contribution in [0.5, 0.6) is 0 Å². The Morgan fingerprint density at radius 3 is 1.00 bits per heavy atom. The van der Waals surface area contributed by atoms with E-state index in [2.05, 4.69) is 43.3 Å². The molecule has 0 bridgehead atoms. The summed E-state index contributed by atoms with van der Waals surface area (Å²) in [6.45, 7) is 3.06. The largest absolute Gasteiger partial charge is 0.184 e. The first-order valence-corrected chi connectivity index (χ1v) is 11.7. The van der Waals surface area contributed by atoms with Crippen LogP contribution in [0.2, 0.25) is 0 Å². The van der Waals surface area contributed by atoms with E-state index in [4.69, 9.17) is 0 Å². The number of hydrogen-bond acceptors (Lipinski definition) is 0. The van der Waals surface area contributed by atoms with Crippen LogP contribution >= 0.6 is 0 Å². The van der Waals surface area contributed by atoms with Crippen molar-refractivity contribution < 1.29 is 23.3 Å². The molecule has 0 spiro atoms. The van der Waals surface area contributed by atoms with E-state index in [0.717, 1.165) is 12.8 Å². The minimum atomic E-state index is 0. The zero-order valence-corrected chi connectivity index (χ0v) is 19.1. The summed E-state index contributed by atoms with van der Waals surface area (Å²) in [6.07, 6.45) is 20.0. The summed E-state index contributed by atoms with van der Waals surface area (Å²) in [4.78, 5) is 0. The fourth-order valence-electron chi connectivity index (χ4n) is 1.36. The van der Waals surface area contributed by atoms with Crippen LogP contribution in [-0.4, -0.2) is 6.88 Å². The second kappa shape index (κ2) is 28.3. The second-order valence-electron chi connectivity index (χ2n) is 4.16. The molecule has 0 aromatic heterocycles.